The summed E-state index contributed by atoms with van der Waals surface area (Å²) in [4.78, 5) is 14.9. The number of amides is 1. The van der Waals surface area contributed by atoms with Crippen molar-refractivity contribution in [2.75, 3.05) is 33.1 Å². The van der Waals surface area contributed by atoms with E-state index >= 15 is 0 Å². The molecule has 0 spiro atoms. The van der Waals surface area contributed by atoms with Crippen LogP contribution in [-0.2, 0) is 4.43 Å². The Kier molecular flexibility index (Phi) is 6.68. The van der Waals surface area contributed by atoms with Gasteiger partial charge in [0.1, 0.15) is 0 Å². The minimum atomic E-state index is -1.99. The molecule has 7 nitrogen and oxygen atoms in total. The quantitative estimate of drug-likeness (QED) is 0.553. The molecular formula is C20H34N2O5Si. The number of nitrogens with zero attached hydrogens (tertiary/aromatic N) is 1. The normalized spacial score (nSPS) is 20.4. The summed E-state index contributed by atoms with van der Waals surface area (Å²) in [6, 6.07) is 2.78. The fraction of sp³-hybridized carbons (Fsp3) is 0.650. The SMILES string of the molecule is COc1cc(N)c(C(=O)N2CC[C@H](O)[C@H]2CO[Si](C)(C)C(C)(C)C)cc1OC. The van der Waals surface area contributed by atoms with Crippen LogP contribution in [0.1, 0.15) is 37.6 Å². The number of carbonyl (C=O) groups excluding carboxylic acids is 1. The highest BCUT2D eigenvalue weighted by molar-refractivity contribution is 6.74. The van der Waals surface area contributed by atoms with Crippen molar-refractivity contribution in [3.8, 4) is 11.5 Å². The minimum Gasteiger partial charge on any atom is -0.493 e. The van der Waals surface area contributed by atoms with Crippen LogP contribution in [0.5, 0.6) is 11.5 Å². The van der Waals surface area contributed by atoms with E-state index in [1.807, 2.05) is 0 Å². The Morgan fingerprint density at radius 3 is 2.36 bits per heavy atom. The van der Waals surface area contributed by atoms with Gasteiger partial charge in [0, 0.05) is 18.3 Å². The second-order valence-corrected chi connectivity index (χ2v) is 13.6. The molecule has 1 aromatic carbocycles. The number of anilines is 1. The van der Waals surface area contributed by atoms with E-state index in [9.17, 15) is 9.90 Å². The molecule has 1 aromatic rings. The fourth-order valence-corrected chi connectivity index (χ4v) is 4.06. The Hall–Kier alpha value is -1.77. The maximum Gasteiger partial charge on any atom is 0.256 e. The van der Waals surface area contributed by atoms with E-state index in [2.05, 4.69) is 33.9 Å². The van der Waals surface area contributed by atoms with Gasteiger partial charge in [0.2, 0.25) is 0 Å². The molecule has 2 atom stereocenters. The molecule has 1 saturated heterocycles. The number of ether oxygens (including phenoxy) is 2. The van der Waals surface area contributed by atoms with Gasteiger partial charge in [-0.25, -0.2) is 0 Å². The number of carbonyl (C=O) groups is 1. The number of aliphatic hydroxyl groups excluding tert-OH is 1. The first-order valence-corrected chi connectivity index (χ1v) is 12.5. The molecule has 0 radical (unpaired) electrons. The van der Waals surface area contributed by atoms with Crippen molar-refractivity contribution < 1.29 is 23.8 Å². The summed E-state index contributed by atoms with van der Waals surface area (Å²) in [5.74, 6) is 0.670. The Labute approximate surface area is 168 Å². The number of nitrogens with two attached hydrogens (primary N) is 1. The predicted octanol–water partition coefficient (Wildman–Crippen LogP) is 2.88. The molecule has 1 heterocycles. The van der Waals surface area contributed by atoms with Crippen LogP contribution in [0, 0.1) is 0 Å². The molecule has 1 fully saturated rings. The average molecular weight is 411 g/mol. The monoisotopic (exact) mass is 410 g/mol. The third kappa shape index (κ3) is 4.44. The lowest BCUT2D eigenvalue weighted by molar-refractivity contribution is 0.0511. The summed E-state index contributed by atoms with van der Waals surface area (Å²) in [5, 5.41) is 10.5. The molecule has 3 N–H and O–H groups in total. The lowest BCUT2D eigenvalue weighted by Crippen LogP contribution is -2.48. The first-order valence-electron chi connectivity index (χ1n) is 9.57. The van der Waals surface area contributed by atoms with Crippen molar-refractivity contribution >= 4 is 19.9 Å². The number of likely N-dealkylation sites (tertiary alicyclic amines) is 1. The summed E-state index contributed by atoms with van der Waals surface area (Å²) in [7, 11) is 1.04. The van der Waals surface area contributed by atoms with E-state index in [1.54, 1.807) is 17.0 Å². The first-order chi connectivity index (χ1) is 12.9. The predicted molar refractivity (Wildman–Crippen MR) is 113 cm³/mol. The zero-order valence-electron chi connectivity index (χ0n) is 18.0. The molecule has 0 bridgehead atoms. The van der Waals surface area contributed by atoms with Crippen molar-refractivity contribution in [1.82, 2.24) is 4.90 Å². The first kappa shape index (κ1) is 22.5. The van der Waals surface area contributed by atoms with E-state index < -0.39 is 20.5 Å². The topological polar surface area (TPSA) is 94.3 Å². The summed E-state index contributed by atoms with van der Waals surface area (Å²) >= 11 is 0. The smallest absolute Gasteiger partial charge is 0.256 e. The van der Waals surface area contributed by atoms with Crippen LogP contribution in [0.3, 0.4) is 0 Å². The van der Waals surface area contributed by atoms with E-state index in [4.69, 9.17) is 19.6 Å². The van der Waals surface area contributed by atoms with E-state index in [1.165, 1.54) is 14.2 Å². The lowest BCUT2D eigenvalue weighted by Gasteiger charge is -2.38. The van der Waals surface area contributed by atoms with E-state index in [0.29, 0.717) is 42.3 Å². The van der Waals surface area contributed by atoms with Gasteiger partial charge in [0.15, 0.2) is 19.8 Å². The molecule has 2 rings (SSSR count). The van der Waals surface area contributed by atoms with Crippen molar-refractivity contribution in [3.05, 3.63) is 17.7 Å². The summed E-state index contributed by atoms with van der Waals surface area (Å²) in [6.45, 7) is 11.6. The van der Waals surface area contributed by atoms with Gasteiger partial charge in [-0.3, -0.25) is 4.79 Å². The van der Waals surface area contributed by atoms with Gasteiger partial charge in [-0.1, -0.05) is 20.8 Å². The average Bonchev–Trinajstić information content (AvgIpc) is 2.98. The van der Waals surface area contributed by atoms with E-state index in [0.717, 1.165) is 0 Å². The number of rotatable bonds is 6. The van der Waals surface area contributed by atoms with Crippen LogP contribution in [0.15, 0.2) is 12.1 Å². The minimum absolute atomic E-state index is 0.0547. The van der Waals surface area contributed by atoms with Crippen LogP contribution in [0.4, 0.5) is 5.69 Å². The number of hydrogen-bond acceptors (Lipinski definition) is 6. The van der Waals surface area contributed by atoms with Gasteiger partial charge in [-0.05, 0) is 30.6 Å². The Morgan fingerprint density at radius 1 is 1.25 bits per heavy atom. The summed E-state index contributed by atoms with van der Waals surface area (Å²) < 4.78 is 16.8. The number of hydrogen-bond donors (Lipinski definition) is 2. The second-order valence-electron chi connectivity index (χ2n) is 8.79. The molecule has 0 saturated carbocycles. The summed E-state index contributed by atoms with van der Waals surface area (Å²) in [5.41, 5.74) is 6.75. The molecule has 158 valence electrons. The number of aliphatic hydroxyl groups is 1. The van der Waals surface area contributed by atoms with E-state index in [-0.39, 0.29) is 10.9 Å². The second kappa shape index (κ2) is 8.30. The van der Waals surface area contributed by atoms with Crippen LogP contribution in [0.2, 0.25) is 18.1 Å². The Morgan fingerprint density at radius 2 is 1.82 bits per heavy atom. The number of benzene rings is 1. The van der Waals surface area contributed by atoms with Gasteiger partial charge in [0.25, 0.3) is 5.91 Å². The highest BCUT2D eigenvalue weighted by atomic mass is 28.4. The third-order valence-electron chi connectivity index (χ3n) is 5.98. The van der Waals surface area contributed by atoms with Crippen molar-refractivity contribution in [2.24, 2.45) is 0 Å². The van der Waals surface area contributed by atoms with Gasteiger partial charge in [0.05, 0.1) is 38.5 Å². The Balaban J connectivity index is 2.25. The largest absolute Gasteiger partial charge is 0.493 e. The van der Waals surface area contributed by atoms with Crippen LogP contribution in [-0.4, -0.2) is 63.7 Å². The number of methoxy groups -OCH3 is 2. The molecule has 0 unspecified atom stereocenters. The maximum atomic E-state index is 13.2. The van der Waals surface area contributed by atoms with Gasteiger partial charge in [-0.2, -0.15) is 0 Å². The van der Waals surface area contributed by atoms with Crippen molar-refractivity contribution in [1.29, 1.82) is 0 Å². The maximum absolute atomic E-state index is 13.2. The molecule has 0 aliphatic carbocycles. The van der Waals surface area contributed by atoms with Crippen molar-refractivity contribution in [3.63, 3.8) is 0 Å². The molecule has 1 amide bonds. The molecule has 1 aliphatic rings. The zero-order chi connectivity index (χ0) is 21.3. The zero-order valence-corrected chi connectivity index (χ0v) is 19.0. The number of nitrogen functional groups attached to an aromatic ring is 1. The highest BCUT2D eigenvalue weighted by Gasteiger charge is 2.42. The third-order valence-corrected chi connectivity index (χ3v) is 10.5. The van der Waals surface area contributed by atoms with Crippen LogP contribution >= 0.6 is 0 Å². The van der Waals surface area contributed by atoms with Gasteiger partial charge in [-0.15, -0.1) is 0 Å². The van der Waals surface area contributed by atoms with Gasteiger partial charge >= 0.3 is 0 Å². The standard InChI is InChI=1S/C20H34N2O5Si/c1-20(2,3)28(6,7)27-12-15-16(23)8-9-22(15)19(24)13-10-17(25-4)18(26-5)11-14(13)21/h10-11,15-16,23H,8-9,12,21H2,1-7H3/t15-,16+/m1/s1. The van der Waals surface area contributed by atoms with Crippen LogP contribution < -0.4 is 15.2 Å². The highest BCUT2D eigenvalue weighted by Crippen LogP contribution is 2.38. The molecule has 8 heteroatoms. The molecule has 28 heavy (non-hydrogen) atoms. The lowest BCUT2D eigenvalue weighted by atomic mass is 10.1. The summed E-state index contributed by atoms with van der Waals surface area (Å²) in [6.07, 6.45) is -0.0973. The molecule has 0 aromatic heterocycles. The van der Waals surface area contributed by atoms with Crippen molar-refractivity contribution in [2.45, 2.75) is 57.5 Å². The molecular weight excluding hydrogens is 376 g/mol. The fourth-order valence-electron chi connectivity index (χ4n) is 3.04. The van der Waals surface area contributed by atoms with Crippen LogP contribution in [0.25, 0.3) is 0 Å². The molecule has 1 aliphatic heterocycles. The van der Waals surface area contributed by atoms with Gasteiger partial charge < -0.3 is 29.6 Å². The Bertz CT molecular complexity index is 717.